The molecule has 0 unspecified atom stereocenters. The van der Waals surface area contributed by atoms with Gasteiger partial charge in [0.1, 0.15) is 5.75 Å². The van der Waals surface area contributed by atoms with Crippen molar-refractivity contribution >= 4 is 11.6 Å². The maximum absolute atomic E-state index is 11.2. The molecule has 1 saturated heterocycles. The van der Waals surface area contributed by atoms with Gasteiger partial charge in [0.15, 0.2) is 0 Å². The fourth-order valence-corrected chi connectivity index (χ4v) is 4.24. The number of benzene rings is 2. The SMILES string of the molecule is COc1cccc(-c2ccc([C@H]3CCCCN3Cc3ccc(NC(C)=O)cc3)cn2)c1. The van der Waals surface area contributed by atoms with Crippen molar-refractivity contribution < 1.29 is 9.53 Å². The second-order valence-corrected chi connectivity index (χ2v) is 8.07. The van der Waals surface area contributed by atoms with Gasteiger partial charge in [-0.1, -0.05) is 36.8 Å². The molecule has 0 radical (unpaired) electrons. The van der Waals surface area contributed by atoms with E-state index in [0.717, 1.165) is 42.2 Å². The van der Waals surface area contributed by atoms with Crippen LogP contribution in [-0.4, -0.2) is 29.4 Å². The van der Waals surface area contributed by atoms with Crippen LogP contribution < -0.4 is 10.1 Å². The highest BCUT2D eigenvalue weighted by Gasteiger charge is 2.24. The van der Waals surface area contributed by atoms with Crippen molar-refractivity contribution in [1.29, 1.82) is 0 Å². The third kappa shape index (κ3) is 5.30. The van der Waals surface area contributed by atoms with Crippen LogP contribution in [0.4, 0.5) is 5.69 Å². The molecule has 160 valence electrons. The topological polar surface area (TPSA) is 54.5 Å². The zero-order valence-corrected chi connectivity index (χ0v) is 18.2. The average molecular weight is 416 g/mol. The Hall–Kier alpha value is -3.18. The lowest BCUT2D eigenvalue weighted by atomic mass is 9.95. The van der Waals surface area contributed by atoms with Crippen molar-refractivity contribution in [3.63, 3.8) is 0 Å². The predicted molar refractivity (Wildman–Crippen MR) is 124 cm³/mol. The molecule has 4 rings (SSSR count). The van der Waals surface area contributed by atoms with Crippen molar-refractivity contribution in [2.24, 2.45) is 0 Å². The maximum atomic E-state index is 11.2. The van der Waals surface area contributed by atoms with Gasteiger partial charge in [-0.2, -0.15) is 0 Å². The van der Waals surface area contributed by atoms with Crippen molar-refractivity contribution in [3.8, 4) is 17.0 Å². The number of nitrogens with one attached hydrogen (secondary N) is 1. The largest absolute Gasteiger partial charge is 0.497 e. The standard InChI is InChI=1S/C26H29N3O2/c1-19(30)28-23-12-9-20(10-13-23)18-29-15-4-3-8-26(29)22-11-14-25(27-17-22)21-6-5-7-24(16-21)31-2/h5-7,9-14,16-17,26H,3-4,8,15,18H2,1-2H3,(H,28,30)/t26-/m1/s1. The van der Waals surface area contributed by atoms with Gasteiger partial charge in [-0.25, -0.2) is 0 Å². The normalized spacial score (nSPS) is 16.6. The summed E-state index contributed by atoms with van der Waals surface area (Å²) in [4.78, 5) is 18.5. The van der Waals surface area contributed by atoms with E-state index in [-0.39, 0.29) is 5.91 Å². The number of piperidine rings is 1. The fraction of sp³-hybridized carbons (Fsp3) is 0.308. The van der Waals surface area contributed by atoms with E-state index in [1.807, 2.05) is 36.5 Å². The third-order valence-electron chi connectivity index (χ3n) is 5.81. The number of rotatable bonds is 6. The summed E-state index contributed by atoms with van der Waals surface area (Å²) in [5.74, 6) is 0.792. The summed E-state index contributed by atoms with van der Waals surface area (Å²) in [7, 11) is 1.68. The van der Waals surface area contributed by atoms with E-state index in [9.17, 15) is 4.79 Å². The third-order valence-corrected chi connectivity index (χ3v) is 5.81. The van der Waals surface area contributed by atoms with E-state index in [2.05, 4.69) is 40.5 Å². The number of nitrogens with zero attached hydrogens (tertiary/aromatic N) is 2. The molecule has 31 heavy (non-hydrogen) atoms. The lowest BCUT2D eigenvalue weighted by Crippen LogP contribution is -2.33. The Morgan fingerprint density at radius 2 is 1.97 bits per heavy atom. The van der Waals surface area contributed by atoms with Crippen molar-refractivity contribution in [1.82, 2.24) is 9.88 Å². The molecule has 1 amide bonds. The zero-order valence-electron chi connectivity index (χ0n) is 18.2. The van der Waals surface area contributed by atoms with Crippen molar-refractivity contribution in [3.05, 3.63) is 78.0 Å². The molecule has 2 aromatic carbocycles. The van der Waals surface area contributed by atoms with E-state index in [1.165, 1.54) is 30.9 Å². The number of ether oxygens (including phenoxy) is 1. The summed E-state index contributed by atoms with van der Waals surface area (Å²) < 4.78 is 5.34. The number of likely N-dealkylation sites (tertiary alicyclic amines) is 1. The minimum absolute atomic E-state index is 0.0475. The van der Waals surface area contributed by atoms with Gasteiger partial charge < -0.3 is 10.1 Å². The summed E-state index contributed by atoms with van der Waals surface area (Å²) in [6.45, 7) is 3.50. The summed E-state index contributed by atoms with van der Waals surface area (Å²) in [6, 6.07) is 20.8. The Morgan fingerprint density at radius 1 is 1.13 bits per heavy atom. The smallest absolute Gasteiger partial charge is 0.221 e. The lowest BCUT2D eigenvalue weighted by molar-refractivity contribution is -0.114. The molecule has 5 nitrogen and oxygen atoms in total. The van der Waals surface area contributed by atoms with Gasteiger partial charge in [-0.05, 0) is 60.8 Å². The van der Waals surface area contributed by atoms with Gasteiger partial charge in [-0.15, -0.1) is 0 Å². The number of amides is 1. The predicted octanol–water partition coefficient (Wildman–Crippen LogP) is 5.44. The monoisotopic (exact) mass is 415 g/mol. The minimum Gasteiger partial charge on any atom is -0.497 e. The van der Waals surface area contributed by atoms with E-state index in [0.29, 0.717) is 6.04 Å². The van der Waals surface area contributed by atoms with Gasteiger partial charge in [0.05, 0.1) is 12.8 Å². The molecule has 1 aromatic heterocycles. The Labute approximate surface area is 184 Å². The minimum atomic E-state index is -0.0475. The van der Waals surface area contributed by atoms with Gasteiger partial charge in [0, 0.05) is 37.0 Å². The van der Waals surface area contributed by atoms with Crippen LogP contribution in [0.1, 0.15) is 43.4 Å². The summed E-state index contributed by atoms with van der Waals surface area (Å²) in [5.41, 5.74) is 5.37. The molecule has 3 aromatic rings. The van der Waals surface area contributed by atoms with Crippen LogP contribution in [0.3, 0.4) is 0 Å². The van der Waals surface area contributed by atoms with Crippen LogP contribution in [-0.2, 0) is 11.3 Å². The van der Waals surface area contributed by atoms with Gasteiger partial charge in [0.2, 0.25) is 5.91 Å². The molecule has 0 saturated carbocycles. The van der Waals surface area contributed by atoms with Gasteiger partial charge in [-0.3, -0.25) is 14.7 Å². The van der Waals surface area contributed by atoms with E-state index in [1.54, 1.807) is 7.11 Å². The number of carbonyl (C=O) groups is 1. The first-order valence-electron chi connectivity index (χ1n) is 10.8. The molecule has 1 aliphatic heterocycles. The molecule has 0 bridgehead atoms. The van der Waals surface area contributed by atoms with Crippen LogP contribution in [0.25, 0.3) is 11.3 Å². The van der Waals surface area contributed by atoms with Crippen LogP contribution in [0.2, 0.25) is 0 Å². The number of anilines is 1. The molecule has 1 atom stereocenters. The molecule has 0 spiro atoms. The number of aromatic nitrogens is 1. The highest BCUT2D eigenvalue weighted by Crippen LogP contribution is 2.33. The molecule has 1 fully saturated rings. The molecule has 0 aliphatic carbocycles. The molecule has 2 heterocycles. The van der Waals surface area contributed by atoms with E-state index >= 15 is 0 Å². The van der Waals surface area contributed by atoms with E-state index in [4.69, 9.17) is 9.72 Å². The summed E-state index contributed by atoms with van der Waals surface area (Å²) in [5, 5.41) is 2.83. The Morgan fingerprint density at radius 3 is 2.68 bits per heavy atom. The Kier molecular flexibility index (Phi) is 6.63. The molecule has 1 N–H and O–H groups in total. The first kappa shape index (κ1) is 21.1. The molecule has 5 heteroatoms. The van der Waals surface area contributed by atoms with Crippen LogP contribution in [0, 0.1) is 0 Å². The number of carbonyl (C=O) groups excluding carboxylic acids is 1. The maximum Gasteiger partial charge on any atom is 0.221 e. The molecular formula is C26H29N3O2. The van der Waals surface area contributed by atoms with Crippen LogP contribution in [0.5, 0.6) is 5.75 Å². The fourth-order valence-electron chi connectivity index (χ4n) is 4.24. The number of hydrogen-bond acceptors (Lipinski definition) is 4. The molecule has 1 aliphatic rings. The first-order valence-corrected chi connectivity index (χ1v) is 10.8. The zero-order chi connectivity index (χ0) is 21.6. The summed E-state index contributed by atoms with van der Waals surface area (Å²) >= 11 is 0. The Bertz CT molecular complexity index is 1020. The highest BCUT2D eigenvalue weighted by molar-refractivity contribution is 5.88. The quantitative estimate of drug-likeness (QED) is 0.582. The number of hydrogen-bond donors (Lipinski definition) is 1. The average Bonchev–Trinajstić information content (AvgIpc) is 2.80. The van der Waals surface area contributed by atoms with Gasteiger partial charge in [0.25, 0.3) is 0 Å². The van der Waals surface area contributed by atoms with Gasteiger partial charge >= 0.3 is 0 Å². The second-order valence-electron chi connectivity index (χ2n) is 8.07. The second kappa shape index (κ2) is 9.75. The van der Waals surface area contributed by atoms with Crippen molar-refractivity contribution in [2.45, 2.75) is 38.8 Å². The summed E-state index contributed by atoms with van der Waals surface area (Å²) in [6.07, 6.45) is 5.62. The lowest BCUT2D eigenvalue weighted by Gasteiger charge is -2.36. The highest BCUT2D eigenvalue weighted by atomic mass is 16.5. The Balaban J connectivity index is 1.48. The van der Waals surface area contributed by atoms with Crippen LogP contribution in [0.15, 0.2) is 66.9 Å². The van der Waals surface area contributed by atoms with Crippen LogP contribution >= 0.6 is 0 Å². The number of pyridine rings is 1. The molecular weight excluding hydrogens is 386 g/mol. The van der Waals surface area contributed by atoms with E-state index < -0.39 is 0 Å². The first-order chi connectivity index (χ1) is 15.1. The number of methoxy groups -OCH3 is 1. The van der Waals surface area contributed by atoms with Crippen molar-refractivity contribution in [2.75, 3.05) is 19.0 Å².